The fourth-order valence-corrected chi connectivity index (χ4v) is 0.892. The largest absolute Gasteiger partial charge is 0.379 e. The molecule has 1 N–H and O–H groups in total. The fraction of sp³-hybridized carbons (Fsp3) is 1.00. The van der Waals surface area contributed by atoms with E-state index in [0.29, 0.717) is 20.4 Å². The van der Waals surface area contributed by atoms with Gasteiger partial charge in [0.05, 0.1) is 12.1 Å². The van der Waals surface area contributed by atoms with Crippen molar-refractivity contribution in [1.82, 2.24) is 0 Å². The molecule has 37 valence electrons. The summed E-state index contributed by atoms with van der Waals surface area (Å²) in [6, 6.07) is 0.291. The molecule has 0 aromatic carbocycles. The Morgan fingerprint density at radius 1 is 1.86 bits per heavy atom. The Morgan fingerprint density at radius 2 is 2.43 bits per heavy atom. The predicted molar refractivity (Wildman–Crippen MR) is 29.7 cm³/mol. The van der Waals surface area contributed by atoms with Crippen LogP contribution in [0.25, 0.3) is 0 Å². The van der Waals surface area contributed by atoms with Gasteiger partial charge < -0.3 is 4.74 Å². The SMILES string of the molecule is CC1OC1[B]P=N. The lowest BCUT2D eigenvalue weighted by atomic mass is 10.0. The molecule has 1 radical (unpaired) electrons. The van der Waals surface area contributed by atoms with Crippen LogP contribution in [0, 0.1) is 5.16 Å². The molecule has 0 bridgehead atoms. The van der Waals surface area contributed by atoms with Crippen LogP contribution < -0.4 is 0 Å². The second kappa shape index (κ2) is 1.93. The van der Waals surface area contributed by atoms with Crippen LogP contribution in [0.5, 0.6) is 0 Å². The molecule has 1 rings (SSSR count). The highest BCUT2D eigenvalue weighted by molar-refractivity contribution is 7.62. The lowest BCUT2D eigenvalue weighted by Gasteiger charge is -1.70. The van der Waals surface area contributed by atoms with Crippen molar-refractivity contribution in [3.8, 4) is 0 Å². The van der Waals surface area contributed by atoms with Gasteiger partial charge in [-0.3, -0.25) is 5.16 Å². The molecular formula is C3H6BNOP. The van der Waals surface area contributed by atoms with E-state index in [1.54, 1.807) is 0 Å². The Morgan fingerprint density at radius 3 is 2.57 bits per heavy atom. The van der Waals surface area contributed by atoms with E-state index in [-0.39, 0.29) is 0 Å². The minimum atomic E-state index is 0.291. The monoisotopic (exact) mass is 114 g/mol. The van der Waals surface area contributed by atoms with E-state index in [0.717, 1.165) is 0 Å². The predicted octanol–water partition coefficient (Wildman–Crippen LogP) is 1.06. The third-order valence-electron chi connectivity index (χ3n) is 0.979. The lowest BCUT2D eigenvalue weighted by molar-refractivity contribution is 0.411. The molecule has 1 heterocycles. The van der Waals surface area contributed by atoms with Crippen molar-refractivity contribution in [1.29, 1.82) is 5.16 Å². The number of nitrogens with one attached hydrogen (secondary N) is 1. The molecule has 0 saturated carbocycles. The molecule has 1 saturated heterocycles. The lowest BCUT2D eigenvalue weighted by Crippen LogP contribution is -1.92. The maximum Gasteiger partial charge on any atom is 0.249 e. The first-order valence-electron chi connectivity index (χ1n) is 2.20. The highest BCUT2D eigenvalue weighted by Gasteiger charge is 2.33. The van der Waals surface area contributed by atoms with Crippen molar-refractivity contribution in [2.75, 3.05) is 0 Å². The van der Waals surface area contributed by atoms with Crippen molar-refractivity contribution in [2.45, 2.75) is 19.0 Å². The summed E-state index contributed by atoms with van der Waals surface area (Å²) in [5.74, 6) is 0. The highest BCUT2D eigenvalue weighted by atomic mass is 31.1. The quantitative estimate of drug-likeness (QED) is 0.325. The second-order valence-electron chi connectivity index (χ2n) is 1.58. The standard InChI is InChI=1S/C3H6BNOP/c1-2-3(6-2)4-7-5/h2-3,5H,1H3. The van der Waals surface area contributed by atoms with E-state index < -0.39 is 0 Å². The van der Waals surface area contributed by atoms with Gasteiger partial charge in [-0.2, -0.15) is 0 Å². The molecule has 4 heteroatoms. The second-order valence-corrected chi connectivity index (χ2v) is 2.14. The number of rotatable bonds is 2. The van der Waals surface area contributed by atoms with Crippen LogP contribution >= 0.6 is 8.25 Å². The first kappa shape index (κ1) is 5.27. The maximum absolute atomic E-state index is 6.70. The number of hydrogen-bond donors (Lipinski definition) is 1. The molecule has 1 aliphatic heterocycles. The van der Waals surface area contributed by atoms with Gasteiger partial charge in [-0.05, 0) is 6.92 Å². The molecule has 0 aromatic rings. The zero-order valence-electron chi connectivity index (χ0n) is 4.09. The fourth-order valence-electron chi connectivity index (χ4n) is 0.432. The Kier molecular flexibility index (Phi) is 1.45. The normalized spacial score (nSPS) is 38.4. The molecular weight excluding hydrogens is 108 g/mol. The summed E-state index contributed by atoms with van der Waals surface area (Å²) in [5.41, 5.74) is 0. The van der Waals surface area contributed by atoms with Crippen LogP contribution in [0.3, 0.4) is 0 Å². The van der Waals surface area contributed by atoms with Gasteiger partial charge in [-0.1, -0.05) is 8.25 Å². The minimum absolute atomic E-state index is 0.291. The third-order valence-corrected chi connectivity index (χ3v) is 1.42. The van der Waals surface area contributed by atoms with Crippen LogP contribution in [-0.2, 0) is 4.74 Å². The first-order chi connectivity index (χ1) is 3.34. The van der Waals surface area contributed by atoms with Crippen LogP contribution in [-0.4, -0.2) is 19.1 Å². The molecule has 1 fully saturated rings. The van der Waals surface area contributed by atoms with Crippen molar-refractivity contribution in [2.24, 2.45) is 0 Å². The van der Waals surface area contributed by atoms with Crippen LogP contribution in [0.1, 0.15) is 6.92 Å². The third kappa shape index (κ3) is 1.25. The summed E-state index contributed by atoms with van der Waals surface area (Å²) in [5, 5.41) is 6.70. The minimum Gasteiger partial charge on any atom is -0.379 e. The molecule has 0 spiro atoms. The molecule has 2 unspecified atom stereocenters. The average molecular weight is 114 g/mol. The summed E-state index contributed by atoms with van der Waals surface area (Å²) in [6.45, 7) is 3.84. The van der Waals surface area contributed by atoms with Gasteiger partial charge in [0, 0.05) is 0 Å². The molecule has 2 nitrogen and oxygen atoms in total. The van der Waals surface area contributed by atoms with Crippen molar-refractivity contribution < 1.29 is 4.74 Å². The molecule has 0 aliphatic carbocycles. The molecule has 1 aliphatic rings. The van der Waals surface area contributed by atoms with Crippen molar-refractivity contribution in [3.05, 3.63) is 0 Å². The molecule has 0 amide bonds. The molecule has 0 aromatic heterocycles. The summed E-state index contributed by atoms with van der Waals surface area (Å²) >= 11 is 0. The van der Waals surface area contributed by atoms with Gasteiger partial charge in [0.2, 0.25) is 7.00 Å². The van der Waals surface area contributed by atoms with Gasteiger partial charge >= 0.3 is 0 Å². The van der Waals surface area contributed by atoms with E-state index in [1.807, 2.05) is 13.9 Å². The Labute approximate surface area is 45.1 Å². The molecule has 2 atom stereocenters. The van der Waals surface area contributed by atoms with Crippen LogP contribution in [0.2, 0.25) is 0 Å². The number of epoxide rings is 1. The zero-order valence-corrected chi connectivity index (χ0v) is 4.98. The summed E-state index contributed by atoms with van der Waals surface area (Å²) in [4.78, 5) is 0. The van der Waals surface area contributed by atoms with E-state index in [1.165, 1.54) is 0 Å². The van der Waals surface area contributed by atoms with E-state index in [4.69, 9.17) is 9.90 Å². The summed E-state index contributed by atoms with van der Waals surface area (Å²) in [7, 11) is 0.581. The average Bonchev–Trinajstić information content (AvgIpc) is 2.22. The van der Waals surface area contributed by atoms with Crippen molar-refractivity contribution in [3.63, 3.8) is 0 Å². The van der Waals surface area contributed by atoms with Gasteiger partial charge in [0.25, 0.3) is 0 Å². The Hall–Kier alpha value is 0.125. The van der Waals surface area contributed by atoms with Crippen molar-refractivity contribution >= 4 is 15.3 Å². The topological polar surface area (TPSA) is 36.4 Å². The van der Waals surface area contributed by atoms with Gasteiger partial charge in [0.1, 0.15) is 0 Å². The summed E-state index contributed by atoms with van der Waals surface area (Å²) in [6.07, 6.45) is 0.387. The van der Waals surface area contributed by atoms with E-state index >= 15 is 0 Å². The van der Waals surface area contributed by atoms with Crippen LogP contribution in [0.15, 0.2) is 0 Å². The smallest absolute Gasteiger partial charge is 0.249 e. The van der Waals surface area contributed by atoms with Gasteiger partial charge in [-0.15, -0.1) is 0 Å². The van der Waals surface area contributed by atoms with Gasteiger partial charge in [-0.25, -0.2) is 0 Å². The van der Waals surface area contributed by atoms with E-state index in [9.17, 15) is 0 Å². The van der Waals surface area contributed by atoms with E-state index in [2.05, 4.69) is 0 Å². The first-order valence-corrected chi connectivity index (χ1v) is 3.16. The Balaban J connectivity index is 2.08. The van der Waals surface area contributed by atoms with Gasteiger partial charge in [0.15, 0.2) is 0 Å². The maximum atomic E-state index is 6.70. The number of hydrogen-bond acceptors (Lipinski definition) is 2. The van der Waals surface area contributed by atoms with Crippen LogP contribution in [0.4, 0.5) is 0 Å². The molecule has 7 heavy (non-hydrogen) atoms. The highest BCUT2D eigenvalue weighted by Crippen LogP contribution is 2.21. The number of ether oxygens (including phenoxy) is 1. The summed E-state index contributed by atoms with van der Waals surface area (Å²) < 4.78 is 4.97. The zero-order chi connectivity index (χ0) is 5.28. The Bertz CT molecular complexity index is 89.0.